The number of fused-ring (bicyclic) bond motifs is 4. The summed E-state index contributed by atoms with van der Waals surface area (Å²) in [5.74, 6) is 0. The molecule has 0 aromatic heterocycles. The molecule has 2 heteroatoms. The zero-order valence-electron chi connectivity index (χ0n) is 22.3. The number of nitrogens with one attached hydrogen (secondary N) is 1. The molecule has 6 rings (SSSR count). The van der Waals surface area contributed by atoms with Crippen LogP contribution in [0.15, 0.2) is 127 Å². The number of benzene rings is 4. The van der Waals surface area contributed by atoms with Crippen LogP contribution < -0.4 is 10.2 Å². The quantitative estimate of drug-likeness (QED) is 0.310. The van der Waals surface area contributed by atoms with Gasteiger partial charge in [0.2, 0.25) is 0 Å². The molecule has 0 saturated heterocycles. The summed E-state index contributed by atoms with van der Waals surface area (Å²) in [5, 5.41) is 3.51. The van der Waals surface area contributed by atoms with Gasteiger partial charge in [-0.25, -0.2) is 0 Å². The van der Waals surface area contributed by atoms with E-state index in [2.05, 4.69) is 139 Å². The molecule has 1 spiro atoms. The van der Waals surface area contributed by atoms with Gasteiger partial charge in [-0.15, -0.1) is 0 Å². The molecule has 37 heavy (non-hydrogen) atoms. The second-order valence-corrected chi connectivity index (χ2v) is 9.47. The molecule has 0 amide bonds. The summed E-state index contributed by atoms with van der Waals surface area (Å²) in [6.45, 7) is 6.11. The highest BCUT2D eigenvalue weighted by molar-refractivity contribution is 5.87. The SMILES string of the molecule is C/C=C\C1=C(NC)CC2(C1)c1ccccc1N(c1ccc(-c3ccccc3)cc1)c1ccccc12.CC. The second kappa shape index (κ2) is 10.5. The van der Waals surface area contributed by atoms with Crippen molar-refractivity contribution in [1.29, 1.82) is 0 Å². The summed E-state index contributed by atoms with van der Waals surface area (Å²) in [6, 6.07) is 37.5. The van der Waals surface area contributed by atoms with Crippen molar-refractivity contribution < 1.29 is 0 Å². The lowest BCUT2D eigenvalue weighted by atomic mass is 9.68. The third kappa shape index (κ3) is 4.17. The highest BCUT2D eigenvalue weighted by atomic mass is 15.2. The van der Waals surface area contributed by atoms with Gasteiger partial charge in [0.15, 0.2) is 0 Å². The second-order valence-electron chi connectivity index (χ2n) is 9.47. The average Bonchev–Trinajstić information content (AvgIpc) is 3.34. The zero-order chi connectivity index (χ0) is 25.8. The van der Waals surface area contributed by atoms with Crippen molar-refractivity contribution >= 4 is 17.1 Å². The topological polar surface area (TPSA) is 15.3 Å². The van der Waals surface area contributed by atoms with Crippen LogP contribution in [-0.4, -0.2) is 7.05 Å². The normalized spacial score (nSPS) is 15.3. The van der Waals surface area contributed by atoms with Crippen LogP contribution in [0.3, 0.4) is 0 Å². The van der Waals surface area contributed by atoms with E-state index in [4.69, 9.17) is 0 Å². The van der Waals surface area contributed by atoms with Crippen molar-refractivity contribution in [2.24, 2.45) is 0 Å². The lowest BCUT2D eigenvalue weighted by Gasteiger charge is -2.44. The van der Waals surface area contributed by atoms with Crippen molar-refractivity contribution in [2.45, 2.75) is 39.0 Å². The Hall–Kier alpha value is -4.04. The van der Waals surface area contributed by atoms with E-state index in [9.17, 15) is 0 Å². The number of nitrogens with zero attached hydrogens (tertiary/aromatic N) is 1. The van der Waals surface area contributed by atoms with Gasteiger partial charge in [-0.1, -0.05) is 105 Å². The minimum absolute atomic E-state index is 0.0686. The van der Waals surface area contributed by atoms with Crippen molar-refractivity contribution in [3.8, 4) is 11.1 Å². The number of rotatable bonds is 4. The molecular weight excluding hydrogens is 448 g/mol. The molecule has 0 fully saturated rings. The first-order valence-electron chi connectivity index (χ1n) is 13.4. The molecule has 0 unspecified atom stereocenters. The maximum absolute atomic E-state index is 3.51. The Labute approximate surface area is 222 Å². The van der Waals surface area contributed by atoms with E-state index < -0.39 is 0 Å². The van der Waals surface area contributed by atoms with Gasteiger partial charge < -0.3 is 10.2 Å². The standard InChI is InChI=1S/C33H30N2.C2H6/c1-3-11-26-22-33(23-30(26)34-2)28-14-7-9-16-31(28)35(32-17-10-8-15-29(32)33)27-20-18-25(19-21-27)24-12-5-4-6-13-24;1-2/h3-21,34H,22-23H2,1-2H3;1-2H3/b11-3-;. The smallest absolute Gasteiger partial charge is 0.0503 e. The summed E-state index contributed by atoms with van der Waals surface area (Å²) in [7, 11) is 2.05. The van der Waals surface area contributed by atoms with Gasteiger partial charge in [-0.2, -0.15) is 0 Å². The summed E-state index contributed by atoms with van der Waals surface area (Å²) in [4.78, 5) is 2.44. The first-order valence-corrected chi connectivity index (χ1v) is 13.4. The fourth-order valence-corrected chi connectivity index (χ4v) is 6.03. The van der Waals surface area contributed by atoms with Crippen LogP contribution in [0.2, 0.25) is 0 Å². The van der Waals surface area contributed by atoms with E-state index in [1.54, 1.807) is 0 Å². The first kappa shape index (κ1) is 24.6. The lowest BCUT2D eigenvalue weighted by molar-refractivity contribution is 0.532. The molecule has 0 atom stereocenters. The van der Waals surface area contributed by atoms with Gasteiger partial charge in [0, 0.05) is 30.3 Å². The maximum Gasteiger partial charge on any atom is 0.0503 e. The van der Waals surface area contributed by atoms with E-state index in [1.165, 1.54) is 50.6 Å². The van der Waals surface area contributed by atoms with Crippen LogP contribution in [-0.2, 0) is 5.41 Å². The molecule has 0 saturated carbocycles. The van der Waals surface area contributed by atoms with Gasteiger partial charge in [-0.3, -0.25) is 0 Å². The Bertz CT molecular complexity index is 1380. The summed E-state index contributed by atoms with van der Waals surface area (Å²) in [5.41, 5.74) is 11.7. The molecule has 0 bridgehead atoms. The monoisotopic (exact) mass is 484 g/mol. The van der Waals surface area contributed by atoms with Crippen molar-refractivity contribution in [1.82, 2.24) is 5.32 Å². The van der Waals surface area contributed by atoms with E-state index >= 15 is 0 Å². The van der Waals surface area contributed by atoms with E-state index in [-0.39, 0.29) is 5.41 Å². The van der Waals surface area contributed by atoms with Crippen molar-refractivity contribution in [2.75, 3.05) is 11.9 Å². The lowest BCUT2D eigenvalue weighted by Crippen LogP contribution is -2.34. The molecule has 2 aliphatic rings. The van der Waals surface area contributed by atoms with Gasteiger partial charge in [0.05, 0.1) is 11.4 Å². The largest absolute Gasteiger partial charge is 0.391 e. The number of allylic oxidation sites excluding steroid dienone is 4. The van der Waals surface area contributed by atoms with Crippen LogP contribution >= 0.6 is 0 Å². The van der Waals surface area contributed by atoms with Crippen LogP contribution in [0.4, 0.5) is 17.1 Å². The summed E-state index contributed by atoms with van der Waals surface area (Å²) in [6.07, 6.45) is 6.42. The molecular formula is C35H36N2. The van der Waals surface area contributed by atoms with Gasteiger partial charge in [0.1, 0.15) is 0 Å². The Kier molecular flexibility index (Phi) is 7.01. The highest BCUT2D eigenvalue weighted by Gasteiger charge is 2.47. The predicted molar refractivity (Wildman–Crippen MR) is 159 cm³/mol. The molecule has 0 radical (unpaired) electrons. The Morgan fingerprint density at radius 3 is 1.78 bits per heavy atom. The Morgan fingerprint density at radius 2 is 1.22 bits per heavy atom. The van der Waals surface area contributed by atoms with Gasteiger partial charge >= 0.3 is 0 Å². The molecule has 2 nitrogen and oxygen atoms in total. The van der Waals surface area contributed by atoms with Crippen molar-refractivity contribution in [3.05, 3.63) is 138 Å². The number of hydrogen-bond acceptors (Lipinski definition) is 2. The van der Waals surface area contributed by atoms with E-state index in [0.717, 1.165) is 12.8 Å². The fourth-order valence-electron chi connectivity index (χ4n) is 6.03. The molecule has 4 aromatic carbocycles. The van der Waals surface area contributed by atoms with E-state index in [0.29, 0.717) is 0 Å². The minimum atomic E-state index is -0.0686. The molecule has 4 aromatic rings. The Balaban J connectivity index is 0.00000137. The third-order valence-electron chi connectivity index (χ3n) is 7.58. The number of hydrogen-bond donors (Lipinski definition) is 1. The fraction of sp³-hybridized carbons (Fsp3) is 0.200. The molecule has 1 aliphatic heterocycles. The zero-order valence-corrected chi connectivity index (χ0v) is 22.3. The van der Waals surface area contributed by atoms with Crippen LogP contribution in [0.5, 0.6) is 0 Å². The first-order chi connectivity index (χ1) is 18.2. The van der Waals surface area contributed by atoms with Gasteiger partial charge in [0.25, 0.3) is 0 Å². The third-order valence-corrected chi connectivity index (χ3v) is 7.58. The predicted octanol–water partition coefficient (Wildman–Crippen LogP) is 9.29. The van der Waals surface area contributed by atoms with E-state index in [1.807, 2.05) is 13.8 Å². The number of anilines is 3. The molecule has 1 N–H and O–H groups in total. The van der Waals surface area contributed by atoms with Crippen LogP contribution in [0, 0.1) is 0 Å². The molecule has 186 valence electrons. The minimum Gasteiger partial charge on any atom is -0.391 e. The average molecular weight is 485 g/mol. The van der Waals surface area contributed by atoms with Crippen LogP contribution in [0.25, 0.3) is 11.1 Å². The number of para-hydroxylation sites is 2. The highest BCUT2D eigenvalue weighted by Crippen LogP contribution is 2.59. The van der Waals surface area contributed by atoms with Gasteiger partial charge in [-0.05, 0) is 65.4 Å². The summed E-state index contributed by atoms with van der Waals surface area (Å²) >= 11 is 0. The van der Waals surface area contributed by atoms with Crippen molar-refractivity contribution in [3.63, 3.8) is 0 Å². The Morgan fingerprint density at radius 1 is 0.676 bits per heavy atom. The van der Waals surface area contributed by atoms with Crippen LogP contribution in [0.1, 0.15) is 44.7 Å². The maximum atomic E-state index is 3.51. The summed E-state index contributed by atoms with van der Waals surface area (Å²) < 4.78 is 0. The molecule has 1 heterocycles. The molecule has 1 aliphatic carbocycles.